The standard InChI is InChI=1S/C24H30N2O3S/c1-24(2,3)19-9-13-23(14-10-19)30(27,28)26-21-11-12-22(26)16-20(15-21)25-29-17-18-7-5-4-6-8-18/h4-10,13-14,21-22H,11-12,15-17H2,1-3H3/t21-,22+. The number of hydrogen-bond donors (Lipinski definition) is 0. The molecule has 0 aromatic heterocycles. The van der Waals surface area contributed by atoms with Crippen LogP contribution in [0.2, 0.25) is 0 Å². The first-order chi connectivity index (χ1) is 14.2. The smallest absolute Gasteiger partial charge is 0.243 e. The van der Waals surface area contributed by atoms with E-state index in [4.69, 9.17) is 4.84 Å². The summed E-state index contributed by atoms with van der Waals surface area (Å²) in [7, 11) is -3.51. The second-order valence-electron chi connectivity index (χ2n) is 9.32. The largest absolute Gasteiger partial charge is 0.391 e. The van der Waals surface area contributed by atoms with E-state index in [1.807, 2.05) is 42.5 Å². The van der Waals surface area contributed by atoms with Gasteiger partial charge < -0.3 is 4.84 Å². The molecule has 2 bridgehead atoms. The number of oxime groups is 1. The normalized spacial score (nSPS) is 23.6. The van der Waals surface area contributed by atoms with E-state index in [-0.39, 0.29) is 17.5 Å². The summed E-state index contributed by atoms with van der Waals surface area (Å²) in [6.07, 6.45) is 3.04. The van der Waals surface area contributed by atoms with Gasteiger partial charge in [-0.25, -0.2) is 8.42 Å². The molecule has 2 saturated heterocycles. The number of fused-ring (bicyclic) bond motifs is 2. The van der Waals surface area contributed by atoms with Gasteiger partial charge in [-0.2, -0.15) is 4.31 Å². The Bertz CT molecular complexity index is 993. The molecule has 0 aliphatic carbocycles. The molecule has 2 heterocycles. The fourth-order valence-corrected chi connectivity index (χ4v) is 6.31. The van der Waals surface area contributed by atoms with Crippen LogP contribution in [-0.2, 0) is 26.9 Å². The van der Waals surface area contributed by atoms with Crippen LogP contribution in [0.1, 0.15) is 57.6 Å². The maximum Gasteiger partial charge on any atom is 0.243 e. The average Bonchev–Trinajstić information content (AvgIpc) is 3.00. The maximum atomic E-state index is 13.4. The zero-order valence-corrected chi connectivity index (χ0v) is 18.7. The van der Waals surface area contributed by atoms with Gasteiger partial charge in [0.05, 0.1) is 10.6 Å². The second-order valence-corrected chi connectivity index (χ2v) is 11.2. The van der Waals surface area contributed by atoms with E-state index in [0.717, 1.165) is 29.7 Å². The first-order valence-electron chi connectivity index (χ1n) is 10.6. The Kier molecular flexibility index (Phi) is 5.73. The molecule has 0 amide bonds. The van der Waals surface area contributed by atoms with Crippen molar-refractivity contribution in [3.63, 3.8) is 0 Å². The van der Waals surface area contributed by atoms with Gasteiger partial charge in [0.1, 0.15) is 6.61 Å². The summed E-state index contributed by atoms with van der Waals surface area (Å²) in [6, 6.07) is 17.2. The number of benzene rings is 2. The topological polar surface area (TPSA) is 59.0 Å². The zero-order valence-electron chi connectivity index (χ0n) is 17.9. The van der Waals surface area contributed by atoms with Crippen molar-refractivity contribution >= 4 is 15.7 Å². The van der Waals surface area contributed by atoms with Gasteiger partial charge >= 0.3 is 0 Å². The predicted molar refractivity (Wildman–Crippen MR) is 119 cm³/mol. The minimum absolute atomic E-state index is 0.00242. The molecule has 2 aliphatic rings. The van der Waals surface area contributed by atoms with Crippen molar-refractivity contribution in [2.75, 3.05) is 0 Å². The Labute approximate surface area is 179 Å². The molecular formula is C24H30N2O3S. The van der Waals surface area contributed by atoms with Crippen molar-refractivity contribution in [1.82, 2.24) is 4.31 Å². The molecule has 2 aromatic carbocycles. The molecule has 2 atom stereocenters. The molecule has 2 aliphatic heterocycles. The van der Waals surface area contributed by atoms with Crippen molar-refractivity contribution in [2.45, 2.75) is 75.5 Å². The second kappa shape index (κ2) is 8.16. The van der Waals surface area contributed by atoms with Gasteiger partial charge in [-0.1, -0.05) is 68.4 Å². The van der Waals surface area contributed by atoms with E-state index in [1.54, 1.807) is 16.4 Å². The lowest BCUT2D eigenvalue weighted by atomic mass is 9.87. The van der Waals surface area contributed by atoms with Crippen LogP contribution in [0.5, 0.6) is 0 Å². The van der Waals surface area contributed by atoms with Crippen LogP contribution >= 0.6 is 0 Å². The molecule has 6 heteroatoms. The van der Waals surface area contributed by atoms with Crippen LogP contribution in [0.15, 0.2) is 64.6 Å². The average molecular weight is 427 g/mol. The lowest BCUT2D eigenvalue weighted by molar-refractivity contribution is 0.127. The fourth-order valence-electron chi connectivity index (χ4n) is 4.44. The molecule has 0 spiro atoms. The first kappa shape index (κ1) is 21.1. The summed E-state index contributed by atoms with van der Waals surface area (Å²) < 4.78 is 28.5. The Hall–Kier alpha value is -2.18. The molecule has 0 unspecified atom stereocenters. The van der Waals surface area contributed by atoms with E-state index in [0.29, 0.717) is 24.3 Å². The summed E-state index contributed by atoms with van der Waals surface area (Å²) in [5.41, 5.74) is 3.17. The number of rotatable bonds is 5. The van der Waals surface area contributed by atoms with Crippen LogP contribution in [0.25, 0.3) is 0 Å². The van der Waals surface area contributed by atoms with Crippen LogP contribution in [0, 0.1) is 0 Å². The molecule has 160 valence electrons. The van der Waals surface area contributed by atoms with E-state index in [2.05, 4.69) is 25.9 Å². The molecule has 2 aromatic rings. The molecule has 0 N–H and O–H groups in total. The third-order valence-electron chi connectivity index (χ3n) is 6.06. The molecule has 0 radical (unpaired) electrons. The van der Waals surface area contributed by atoms with Gasteiger partial charge in [-0.05, 0) is 41.5 Å². The Morgan fingerprint density at radius 2 is 1.57 bits per heavy atom. The zero-order chi connectivity index (χ0) is 21.4. The van der Waals surface area contributed by atoms with Gasteiger partial charge in [-0.15, -0.1) is 0 Å². The lowest BCUT2D eigenvalue weighted by Crippen LogP contribution is -2.46. The summed E-state index contributed by atoms with van der Waals surface area (Å²) in [4.78, 5) is 5.94. The maximum absolute atomic E-state index is 13.4. The molecular weight excluding hydrogens is 396 g/mol. The van der Waals surface area contributed by atoms with Gasteiger partial charge in [0.25, 0.3) is 0 Å². The lowest BCUT2D eigenvalue weighted by Gasteiger charge is -2.34. The summed E-state index contributed by atoms with van der Waals surface area (Å²) in [5, 5.41) is 4.34. The number of sulfonamides is 1. The Morgan fingerprint density at radius 1 is 0.967 bits per heavy atom. The molecule has 2 fully saturated rings. The summed E-state index contributed by atoms with van der Waals surface area (Å²) in [5.74, 6) is 0. The monoisotopic (exact) mass is 426 g/mol. The van der Waals surface area contributed by atoms with Crippen molar-refractivity contribution in [3.8, 4) is 0 Å². The van der Waals surface area contributed by atoms with Crippen molar-refractivity contribution < 1.29 is 13.3 Å². The van der Waals surface area contributed by atoms with Crippen molar-refractivity contribution in [3.05, 3.63) is 65.7 Å². The van der Waals surface area contributed by atoms with E-state index >= 15 is 0 Å². The highest BCUT2D eigenvalue weighted by atomic mass is 32.2. The van der Waals surface area contributed by atoms with Gasteiger partial charge in [0.15, 0.2) is 0 Å². The summed E-state index contributed by atoms with van der Waals surface area (Å²) in [6.45, 7) is 6.81. The molecule has 5 nitrogen and oxygen atoms in total. The molecule has 0 saturated carbocycles. The predicted octanol–water partition coefficient (Wildman–Crippen LogP) is 4.87. The highest BCUT2D eigenvalue weighted by Gasteiger charge is 2.46. The van der Waals surface area contributed by atoms with Crippen LogP contribution in [0.4, 0.5) is 0 Å². The fraction of sp³-hybridized carbons (Fsp3) is 0.458. The van der Waals surface area contributed by atoms with Gasteiger partial charge in [0.2, 0.25) is 10.0 Å². The van der Waals surface area contributed by atoms with Crippen LogP contribution in [0.3, 0.4) is 0 Å². The Morgan fingerprint density at radius 3 is 2.13 bits per heavy atom. The van der Waals surface area contributed by atoms with E-state index < -0.39 is 10.0 Å². The quantitative estimate of drug-likeness (QED) is 0.641. The van der Waals surface area contributed by atoms with Crippen LogP contribution in [-0.4, -0.2) is 30.5 Å². The van der Waals surface area contributed by atoms with E-state index in [9.17, 15) is 8.42 Å². The number of hydrogen-bond acceptors (Lipinski definition) is 4. The third-order valence-corrected chi connectivity index (χ3v) is 8.08. The van der Waals surface area contributed by atoms with Crippen LogP contribution < -0.4 is 0 Å². The molecule has 4 rings (SSSR count). The summed E-state index contributed by atoms with van der Waals surface area (Å²) >= 11 is 0. The minimum atomic E-state index is -3.51. The SMILES string of the molecule is CC(C)(C)c1ccc(S(=O)(=O)N2[C@@H]3CC[C@H]2CC(=NOCc2ccccc2)C3)cc1. The number of nitrogens with zero attached hydrogens (tertiary/aromatic N) is 2. The van der Waals surface area contributed by atoms with Crippen molar-refractivity contribution in [1.29, 1.82) is 0 Å². The third kappa shape index (κ3) is 4.30. The van der Waals surface area contributed by atoms with Crippen molar-refractivity contribution in [2.24, 2.45) is 5.16 Å². The van der Waals surface area contributed by atoms with E-state index in [1.165, 1.54) is 0 Å². The minimum Gasteiger partial charge on any atom is -0.391 e. The highest BCUT2D eigenvalue weighted by molar-refractivity contribution is 7.89. The highest BCUT2D eigenvalue weighted by Crippen LogP contribution is 2.39. The number of piperidine rings is 1. The first-order valence-corrected chi connectivity index (χ1v) is 12.0. The molecule has 30 heavy (non-hydrogen) atoms. The van der Waals surface area contributed by atoms with Gasteiger partial charge in [0, 0.05) is 24.9 Å². The van der Waals surface area contributed by atoms with Gasteiger partial charge in [-0.3, -0.25) is 0 Å². The Balaban J connectivity index is 1.46.